The highest BCUT2D eigenvalue weighted by atomic mass is 16.6. The van der Waals surface area contributed by atoms with E-state index in [4.69, 9.17) is 28.4 Å². The maximum atomic E-state index is 13.7. The second-order valence-electron chi connectivity index (χ2n) is 13.8. The zero-order valence-corrected chi connectivity index (χ0v) is 29.8. The van der Waals surface area contributed by atoms with Crippen molar-refractivity contribution >= 4 is 47.0 Å². The zero-order chi connectivity index (χ0) is 38.7. The highest BCUT2D eigenvalue weighted by Crippen LogP contribution is 2.57. The van der Waals surface area contributed by atoms with Crippen molar-refractivity contribution in [3.05, 3.63) is 52.6 Å². The third kappa shape index (κ3) is 5.93. The van der Waals surface area contributed by atoms with Crippen LogP contribution in [-0.4, -0.2) is 87.4 Å². The van der Waals surface area contributed by atoms with E-state index in [0.717, 1.165) is 27.7 Å². The molecule has 0 saturated heterocycles. The summed E-state index contributed by atoms with van der Waals surface area (Å²) in [7, 11) is 0. The van der Waals surface area contributed by atoms with E-state index in [1.54, 1.807) is 13.8 Å². The number of aliphatic hydroxyl groups excluding tert-OH is 2. The number of aromatic hydroxyl groups is 1. The van der Waals surface area contributed by atoms with Gasteiger partial charge < -0.3 is 43.7 Å². The van der Waals surface area contributed by atoms with Gasteiger partial charge in [-0.2, -0.15) is 0 Å². The molecule has 0 bridgehead atoms. The summed E-state index contributed by atoms with van der Waals surface area (Å²) in [5.41, 5.74) is -4.84. The summed E-state index contributed by atoms with van der Waals surface area (Å²) in [6, 6.07) is 7.14. The maximum absolute atomic E-state index is 13.7. The van der Waals surface area contributed by atoms with Crippen molar-refractivity contribution in [2.24, 2.45) is 11.8 Å². The van der Waals surface area contributed by atoms with E-state index in [9.17, 15) is 44.1 Å². The van der Waals surface area contributed by atoms with Gasteiger partial charge in [-0.1, -0.05) is 26.0 Å². The number of esters is 4. The number of fused-ring (bicyclic) bond motifs is 4. The molecule has 4 aliphatic rings. The van der Waals surface area contributed by atoms with Gasteiger partial charge in [-0.15, -0.1) is 0 Å². The molecule has 2 saturated carbocycles. The molecule has 0 unspecified atom stereocenters. The molecule has 6 rings (SSSR count). The Kier molecular flexibility index (Phi) is 9.25. The fourth-order valence-corrected chi connectivity index (χ4v) is 7.92. The van der Waals surface area contributed by atoms with Crippen molar-refractivity contribution in [1.82, 2.24) is 0 Å². The number of ether oxygens (including phenoxy) is 6. The Morgan fingerprint density at radius 3 is 1.60 bits per heavy atom. The minimum absolute atomic E-state index is 0.0207. The minimum Gasteiger partial charge on any atom is -0.507 e. The van der Waals surface area contributed by atoms with Gasteiger partial charge in [-0.05, 0) is 18.2 Å². The van der Waals surface area contributed by atoms with Crippen molar-refractivity contribution in [2.75, 3.05) is 13.2 Å². The lowest BCUT2D eigenvalue weighted by atomic mass is 9.69. The summed E-state index contributed by atoms with van der Waals surface area (Å²) < 4.78 is 35.5. The van der Waals surface area contributed by atoms with Gasteiger partial charge in [0.15, 0.2) is 23.8 Å². The van der Waals surface area contributed by atoms with Gasteiger partial charge in [0.2, 0.25) is 11.2 Å². The van der Waals surface area contributed by atoms with E-state index in [1.165, 1.54) is 30.3 Å². The molecule has 2 aromatic rings. The van der Waals surface area contributed by atoms with Crippen molar-refractivity contribution < 1.29 is 72.5 Å². The molecule has 280 valence electrons. The number of hydrogen-bond donors (Lipinski definition) is 3. The summed E-state index contributed by atoms with van der Waals surface area (Å²) in [6.07, 6.45) is -2.83. The Bertz CT molecular complexity index is 2040. The normalized spacial score (nSPS) is 27.2. The summed E-state index contributed by atoms with van der Waals surface area (Å²) in [6.45, 7) is 6.51. The monoisotopic (exact) mass is 734 g/mol. The molecule has 0 aromatic heterocycles. The summed E-state index contributed by atoms with van der Waals surface area (Å²) >= 11 is 0. The lowest BCUT2D eigenvalue weighted by Gasteiger charge is -2.49. The fraction of sp³-hybridized carbons (Fsp3) is 0.421. The summed E-state index contributed by atoms with van der Waals surface area (Å²) in [5.74, 6) is -7.57. The average molecular weight is 735 g/mol. The number of benzene rings is 2. The number of phenols is 1. The van der Waals surface area contributed by atoms with Gasteiger partial charge in [-0.25, -0.2) is 0 Å². The van der Waals surface area contributed by atoms with Gasteiger partial charge in [0, 0.05) is 63.5 Å². The first-order chi connectivity index (χ1) is 24.9. The quantitative estimate of drug-likeness (QED) is 0.270. The van der Waals surface area contributed by atoms with Crippen LogP contribution in [0.5, 0.6) is 17.2 Å². The van der Waals surface area contributed by atoms with E-state index in [-0.39, 0.29) is 57.7 Å². The molecule has 53 heavy (non-hydrogen) atoms. The fourth-order valence-electron chi connectivity index (χ4n) is 7.92. The van der Waals surface area contributed by atoms with E-state index in [0.29, 0.717) is 0 Å². The number of ketones is 2. The standard InChI is InChI=1S/C38H38O15/c1-16-12-26(44)29-31(46)24-9-7-8-22(33(24)52-37(29,14-48-18(3)39)35(16)50-20(5)41)23-10-11-25(43)28-32(47)30-27(45)13-17(2)36(51-21(6)42)38(30,53-34(23)28)15-49-19(4)40/h7-11,16-17,35-36,43,46-47H,12-15H2,1-6H3/t16-,17-,35-,36-,37+,38+/m0/s1. The molecule has 2 fully saturated rings. The number of Topliss-reactive ketones (excluding diaryl/α,β-unsaturated/α-hetero) is 2. The lowest BCUT2D eigenvalue weighted by Crippen LogP contribution is -2.63. The molecule has 0 radical (unpaired) electrons. The Morgan fingerprint density at radius 1 is 0.660 bits per heavy atom. The molecule has 15 heteroatoms. The molecule has 0 spiro atoms. The lowest BCUT2D eigenvalue weighted by molar-refractivity contribution is -0.178. The third-order valence-corrected chi connectivity index (χ3v) is 9.91. The molecule has 3 N–H and O–H groups in total. The highest BCUT2D eigenvalue weighted by molar-refractivity contribution is 6.08. The van der Waals surface area contributed by atoms with Crippen LogP contribution in [0.25, 0.3) is 22.6 Å². The molecule has 2 heterocycles. The van der Waals surface area contributed by atoms with Crippen LogP contribution in [0.3, 0.4) is 0 Å². The van der Waals surface area contributed by atoms with Crippen LogP contribution in [0.15, 0.2) is 41.5 Å². The van der Waals surface area contributed by atoms with Crippen molar-refractivity contribution in [3.63, 3.8) is 0 Å². The predicted octanol–water partition coefficient (Wildman–Crippen LogP) is 4.07. The van der Waals surface area contributed by atoms with Crippen molar-refractivity contribution in [3.8, 4) is 28.4 Å². The number of phenolic OH excluding ortho intramolecular Hbond substituents is 1. The molecule has 6 atom stereocenters. The van der Waals surface area contributed by atoms with Crippen LogP contribution in [-0.2, 0) is 47.7 Å². The van der Waals surface area contributed by atoms with E-state index in [2.05, 4.69) is 0 Å². The maximum Gasteiger partial charge on any atom is 0.303 e. The second-order valence-corrected chi connectivity index (χ2v) is 13.8. The Labute approximate surface area is 303 Å². The van der Waals surface area contributed by atoms with Crippen LogP contribution in [0, 0.1) is 11.8 Å². The van der Waals surface area contributed by atoms with Gasteiger partial charge >= 0.3 is 23.9 Å². The van der Waals surface area contributed by atoms with Crippen LogP contribution < -0.4 is 9.47 Å². The Hall–Kier alpha value is -5.86. The molecule has 0 amide bonds. The zero-order valence-electron chi connectivity index (χ0n) is 29.8. The first-order valence-corrected chi connectivity index (χ1v) is 16.9. The Morgan fingerprint density at radius 2 is 1.11 bits per heavy atom. The molecule has 2 aromatic carbocycles. The third-order valence-electron chi connectivity index (χ3n) is 9.91. The number of aliphatic hydroxyl groups is 2. The molecule has 15 nitrogen and oxygen atoms in total. The van der Waals surface area contributed by atoms with Gasteiger partial charge in [0.05, 0.1) is 16.7 Å². The van der Waals surface area contributed by atoms with Gasteiger partial charge in [-0.3, -0.25) is 28.8 Å². The topological polar surface area (TPSA) is 218 Å². The van der Waals surface area contributed by atoms with Gasteiger partial charge in [0.25, 0.3) is 0 Å². The van der Waals surface area contributed by atoms with Crippen molar-refractivity contribution in [2.45, 2.75) is 77.8 Å². The molecular weight excluding hydrogens is 696 g/mol. The van der Waals surface area contributed by atoms with Crippen LogP contribution in [0.4, 0.5) is 0 Å². The minimum atomic E-state index is -2.10. The number of rotatable bonds is 7. The Balaban J connectivity index is 1.63. The highest BCUT2D eigenvalue weighted by Gasteiger charge is 2.62. The molecule has 2 aliphatic carbocycles. The molecule has 2 aliphatic heterocycles. The van der Waals surface area contributed by atoms with E-state index in [1.807, 2.05) is 0 Å². The first kappa shape index (κ1) is 36.9. The van der Waals surface area contributed by atoms with E-state index >= 15 is 0 Å². The summed E-state index contributed by atoms with van der Waals surface area (Å²) in [4.78, 5) is 76.5. The predicted molar refractivity (Wildman–Crippen MR) is 181 cm³/mol. The van der Waals surface area contributed by atoms with E-state index < -0.39 is 101 Å². The van der Waals surface area contributed by atoms with Gasteiger partial charge in [0.1, 0.15) is 47.5 Å². The summed E-state index contributed by atoms with van der Waals surface area (Å²) in [5, 5.41) is 34.8. The largest absolute Gasteiger partial charge is 0.507 e. The second kappa shape index (κ2) is 13.3. The van der Waals surface area contributed by atoms with Crippen LogP contribution >= 0.6 is 0 Å². The molecular formula is C38H38O15. The van der Waals surface area contributed by atoms with Crippen molar-refractivity contribution in [1.29, 1.82) is 0 Å². The number of hydrogen-bond acceptors (Lipinski definition) is 15. The van der Waals surface area contributed by atoms with Crippen LogP contribution in [0.2, 0.25) is 0 Å². The average Bonchev–Trinajstić information content (AvgIpc) is 3.06. The number of carbonyl (C=O) groups is 6. The number of para-hydroxylation sites is 1. The number of carbonyl (C=O) groups excluding carboxylic acids is 6. The van der Waals surface area contributed by atoms with Crippen LogP contribution in [0.1, 0.15) is 65.5 Å². The smallest absolute Gasteiger partial charge is 0.303 e. The SMILES string of the molecule is CC(=O)OC[C@@]12Oc3c(cccc3-c3ccc(O)c4c3O[C@]3(COC(C)=O)C(=C4O)C(=O)C[C@H](C)[C@@H]3OC(C)=O)C(O)=C1C(=O)C[C@H](C)[C@@H]2OC(C)=O. The first-order valence-electron chi connectivity index (χ1n) is 16.9.